The number of likely N-dealkylation sites (N-methyl/N-ethyl adjacent to an activating group) is 6. The number of aliphatic carboxylic acids is 1. The second-order valence-corrected chi connectivity index (χ2v) is 31.0. The first-order valence-corrected chi connectivity index (χ1v) is 37.0. The van der Waals surface area contributed by atoms with Crippen LogP contribution in [0.4, 0.5) is 4.79 Å². The molecule has 27 nitrogen and oxygen atoms in total. The maximum absolute atomic E-state index is 14.9. The van der Waals surface area contributed by atoms with E-state index in [-0.39, 0.29) is 74.3 Å². The van der Waals surface area contributed by atoms with Crippen LogP contribution < -0.4 is 21.3 Å². The summed E-state index contributed by atoms with van der Waals surface area (Å²) >= 11 is 0. The number of hydrogen-bond donors (Lipinski definition) is 7. The van der Waals surface area contributed by atoms with Crippen molar-refractivity contribution < 1.29 is 77.6 Å². The molecule has 1 aliphatic rings. The van der Waals surface area contributed by atoms with Crippen LogP contribution in [0.2, 0.25) is 0 Å². The summed E-state index contributed by atoms with van der Waals surface area (Å²) in [5.41, 5.74) is 4.54. The number of amides is 11. The highest BCUT2D eigenvalue weighted by Gasteiger charge is 2.44. The van der Waals surface area contributed by atoms with Crippen molar-refractivity contribution in [2.45, 2.75) is 242 Å². The number of nitrogens with zero attached hydrogens (tertiary/aromatic N) is 7. The van der Waals surface area contributed by atoms with E-state index in [1.165, 1.54) is 75.7 Å². The Morgan fingerprint density at radius 1 is 0.505 bits per heavy atom. The van der Waals surface area contributed by atoms with E-state index in [1.807, 2.05) is 125 Å². The van der Waals surface area contributed by atoms with Crippen LogP contribution in [0.1, 0.15) is 187 Å². The van der Waals surface area contributed by atoms with Crippen LogP contribution >= 0.6 is 0 Å². The number of ether oxygens (including phenoxy) is 1. The minimum atomic E-state index is -1.80. The molecule has 0 spiro atoms. The summed E-state index contributed by atoms with van der Waals surface area (Å²) in [6, 6.07) is 2.71. The lowest BCUT2D eigenvalue weighted by Gasteiger charge is -2.39. The molecule has 7 N–H and O–H groups in total. The normalized spacial score (nSPS) is 15.5. The fraction of sp³-hybridized carbons (Fsp3) is 0.667. The lowest BCUT2D eigenvalue weighted by molar-refractivity contribution is -0.152. The Bertz CT molecular complexity index is 3320. The molecule has 0 aliphatic heterocycles. The molecule has 2 aromatic carbocycles. The first kappa shape index (κ1) is 90.6. The van der Waals surface area contributed by atoms with Gasteiger partial charge in [0, 0.05) is 54.7 Å². The van der Waals surface area contributed by atoms with Gasteiger partial charge in [0.25, 0.3) is 5.91 Å². The zero-order valence-electron chi connectivity index (χ0n) is 66.9. The topological polar surface area (TPSA) is 346 Å². The van der Waals surface area contributed by atoms with Crippen molar-refractivity contribution in [1.29, 1.82) is 0 Å². The van der Waals surface area contributed by atoms with E-state index in [1.54, 1.807) is 27.7 Å². The van der Waals surface area contributed by atoms with Crippen molar-refractivity contribution in [2.24, 2.45) is 35.5 Å². The second-order valence-electron chi connectivity index (χ2n) is 31.0. The highest BCUT2D eigenvalue weighted by Crippen LogP contribution is 2.44. The van der Waals surface area contributed by atoms with Crippen LogP contribution in [0.5, 0.6) is 0 Å². The predicted octanol–water partition coefficient (Wildman–Crippen LogP) is 7.18. The number of carboxylic acid groups (broad SMARTS) is 1. The Labute approximate surface area is 623 Å². The molecule has 1 aliphatic carbocycles. The van der Waals surface area contributed by atoms with Gasteiger partial charge in [-0.3, -0.25) is 52.8 Å². The number of carboxylic acids is 1. The van der Waals surface area contributed by atoms with Crippen molar-refractivity contribution >= 4 is 71.1 Å². The molecule has 0 aromatic heterocycles. The van der Waals surface area contributed by atoms with E-state index in [0.29, 0.717) is 18.4 Å². The molecule has 0 fully saturated rings. The lowest BCUT2D eigenvalue weighted by atomic mass is 9.96. The molecule has 27 heteroatoms. The summed E-state index contributed by atoms with van der Waals surface area (Å²) in [6.07, 6.45) is -0.0830. The van der Waals surface area contributed by atoms with Gasteiger partial charge in [0.2, 0.25) is 53.2 Å². The van der Waals surface area contributed by atoms with Gasteiger partial charge in [0.05, 0.1) is 12.6 Å². The van der Waals surface area contributed by atoms with Crippen molar-refractivity contribution in [3.8, 4) is 11.1 Å². The molecule has 0 bridgehead atoms. The molecule has 11 amide bonds. The molecule has 105 heavy (non-hydrogen) atoms. The second kappa shape index (κ2) is 41.3. The highest BCUT2D eigenvalue weighted by atomic mass is 16.6. The van der Waals surface area contributed by atoms with Gasteiger partial charge in [-0.15, -0.1) is 0 Å². The molecule has 0 saturated heterocycles. The van der Waals surface area contributed by atoms with Crippen LogP contribution in [0.3, 0.4) is 0 Å². The highest BCUT2D eigenvalue weighted by molar-refractivity contribution is 5.99. The van der Waals surface area contributed by atoms with Crippen LogP contribution in [-0.2, 0) is 57.5 Å². The number of carbonyl (C=O) groups is 12. The maximum Gasteiger partial charge on any atom is 0.410 e. The smallest absolute Gasteiger partial charge is 0.410 e. The number of rotatable bonds is 40. The lowest BCUT2D eigenvalue weighted by Crippen LogP contribution is -2.62. The maximum atomic E-state index is 14.9. The van der Waals surface area contributed by atoms with Gasteiger partial charge in [-0.2, -0.15) is 0 Å². The Morgan fingerprint density at radius 2 is 0.962 bits per heavy atom. The minimum absolute atomic E-state index is 0.0348. The summed E-state index contributed by atoms with van der Waals surface area (Å²) < 4.78 is 5.86. The Balaban J connectivity index is 1.83. The quantitative estimate of drug-likeness (QED) is 0.0325. The minimum Gasteiger partial charge on any atom is -0.510 e. The number of unbranched alkanes of at least 4 members (excludes halogenated alkanes) is 1. The molecule has 0 unspecified atom stereocenters. The molecule has 0 heterocycles. The van der Waals surface area contributed by atoms with Crippen molar-refractivity contribution in [3.05, 3.63) is 71.0 Å². The summed E-state index contributed by atoms with van der Waals surface area (Å²) in [7, 11) is 8.35. The number of hydrogen-bond acceptors (Lipinski definition) is 15. The van der Waals surface area contributed by atoms with Crippen molar-refractivity contribution in [1.82, 2.24) is 55.6 Å². The van der Waals surface area contributed by atoms with Gasteiger partial charge in [0.15, 0.2) is 12.1 Å². The first-order chi connectivity index (χ1) is 48.8. The average Bonchev–Trinajstić information content (AvgIpc) is 1.64. The number of allylic oxidation sites excluding steroid dienone is 1. The van der Waals surface area contributed by atoms with E-state index in [2.05, 4.69) is 21.3 Å². The standard InChI is InChI=1S/C78H125N11O16/c1-25-26-31-49(14)67(92)66(70(95)82-64(53(18)90)77(102)103)88(24)76(101)65(48(12)13)87(23)75(100)60(37-44(4)5)81-69(94)62(39-46(8)9)86(22)73(98)52(17)89(40-47(10)11)71(96)50(15)79-63(91)41-83(19)74(99)59(36-43(2)3)80-68(93)61(38-45(6)7)85(21)72(97)51(16)84(20)78(104)105-42-58-56-34-29-27-32-54(56)55-33-28-30-35-57(55)58/h27-30,32-35,43-48,50-53,58-62,64-66,90,92H,25-26,31,36-42H2,1-24H3,(H,79,91)(H,80,93)(H,81,94)(H,82,95)(H,102,103)/t50-,51+,52+,53+,59-,60-,61-,62-,64-,65-,66-/m0/s1. The third-order valence-electron chi connectivity index (χ3n) is 19.3. The molecule has 3 rings (SSSR count). The third-order valence-corrected chi connectivity index (χ3v) is 19.3. The predicted molar refractivity (Wildman–Crippen MR) is 402 cm³/mol. The number of aliphatic hydroxyl groups excluding tert-OH is 2. The van der Waals surface area contributed by atoms with Crippen molar-refractivity contribution in [2.75, 3.05) is 62.0 Å². The Hall–Kier alpha value is -8.62. The molecule has 11 atom stereocenters. The summed E-state index contributed by atoms with van der Waals surface area (Å²) in [6.45, 7) is 30.5. The van der Waals surface area contributed by atoms with Crippen LogP contribution in [0.15, 0.2) is 59.9 Å². The Kier molecular flexibility index (Phi) is 35.7. The van der Waals surface area contributed by atoms with Gasteiger partial charge in [-0.25, -0.2) is 9.59 Å². The SMILES string of the molecule is CCCCC(C)=C(O)[C@@H](C(=O)N[C@H](C(=O)O)[C@@H](C)O)N(C)C(=O)[C@H](C(C)C)N(C)C(=O)[C@H](CC(C)C)NC(=O)[C@H](CC(C)C)N(C)C(=O)[C@@H](C)N(CC(C)C)C(=O)[C@H](C)NC(=O)CN(C)C(=O)[C@H](CC(C)C)NC(=O)[C@H](CC(C)C)N(C)C(=O)[C@@H](C)N(C)C(=O)OCC1c2ccccc2-c2ccccc21. The molecule has 0 saturated carbocycles. The van der Waals surface area contributed by atoms with Crippen molar-refractivity contribution in [3.63, 3.8) is 0 Å². The molecule has 2 aromatic rings. The van der Waals surface area contributed by atoms with Gasteiger partial charge in [-0.1, -0.05) is 145 Å². The van der Waals surface area contributed by atoms with E-state index >= 15 is 0 Å². The van der Waals surface area contributed by atoms with Crippen LogP contribution in [0, 0.1) is 35.5 Å². The molecule has 0 radical (unpaired) electrons. The van der Waals surface area contributed by atoms with E-state index in [0.717, 1.165) is 50.3 Å². The van der Waals surface area contributed by atoms with Gasteiger partial charge >= 0.3 is 12.1 Å². The molecular weight excluding hydrogens is 1350 g/mol. The van der Waals surface area contributed by atoms with Crippen LogP contribution in [-0.4, -0.2) is 249 Å². The van der Waals surface area contributed by atoms with Gasteiger partial charge < -0.3 is 70.7 Å². The summed E-state index contributed by atoms with van der Waals surface area (Å²) in [4.78, 5) is 179. The fourth-order valence-electron chi connectivity index (χ4n) is 13.3. The fourth-order valence-corrected chi connectivity index (χ4v) is 13.3. The third kappa shape index (κ3) is 25.0. The number of fused-ring (bicyclic) bond motifs is 3. The first-order valence-electron chi connectivity index (χ1n) is 37.0. The number of aliphatic hydroxyl groups is 2. The van der Waals surface area contributed by atoms with E-state index < -0.39 is 156 Å². The van der Waals surface area contributed by atoms with Crippen LogP contribution in [0.25, 0.3) is 11.1 Å². The largest absolute Gasteiger partial charge is 0.510 e. The monoisotopic (exact) mass is 1470 g/mol. The number of benzene rings is 2. The average molecular weight is 1470 g/mol. The molecule has 588 valence electrons. The zero-order chi connectivity index (χ0) is 80.1. The number of carbonyl (C=O) groups excluding carboxylic acids is 11. The van der Waals surface area contributed by atoms with E-state index in [4.69, 9.17) is 4.74 Å². The summed E-state index contributed by atoms with van der Waals surface area (Å²) in [5.74, 6) is -10.9. The summed E-state index contributed by atoms with van der Waals surface area (Å²) in [5, 5.41) is 42.4. The van der Waals surface area contributed by atoms with E-state index in [9.17, 15) is 72.9 Å². The number of nitrogens with one attached hydrogen (secondary N) is 4. The van der Waals surface area contributed by atoms with Gasteiger partial charge in [-0.05, 0) is 136 Å². The Morgan fingerprint density at radius 3 is 1.39 bits per heavy atom. The zero-order valence-corrected chi connectivity index (χ0v) is 66.9. The van der Waals surface area contributed by atoms with Gasteiger partial charge in [0.1, 0.15) is 60.7 Å². The molecular formula is C78H125N11O16.